The summed E-state index contributed by atoms with van der Waals surface area (Å²) in [4.78, 5) is 11.2. The molecule has 1 aromatic carbocycles. The second-order valence-electron chi connectivity index (χ2n) is 4.94. The molecule has 7 heteroatoms. The number of hydrogen-bond donors (Lipinski definition) is 1. The van der Waals surface area contributed by atoms with Crippen molar-refractivity contribution in [2.75, 3.05) is 13.2 Å². The number of hydrogen-bond acceptors (Lipinski definition) is 5. The Morgan fingerprint density at radius 2 is 2.10 bits per heavy atom. The largest absolute Gasteiger partial charge is 0.423 e. The molecule has 1 aromatic heterocycles. The highest BCUT2D eigenvalue weighted by molar-refractivity contribution is 7.89. The van der Waals surface area contributed by atoms with E-state index in [1.54, 1.807) is 6.07 Å². The maximum absolute atomic E-state index is 12.2. The van der Waals surface area contributed by atoms with Crippen molar-refractivity contribution in [3.8, 4) is 0 Å². The van der Waals surface area contributed by atoms with Crippen molar-refractivity contribution in [1.29, 1.82) is 0 Å². The molecule has 112 valence electrons. The normalized spacial score (nSPS) is 19.1. The second-order valence-corrected chi connectivity index (χ2v) is 6.71. The first-order chi connectivity index (χ1) is 10.0. The predicted octanol–water partition coefficient (Wildman–Crippen LogP) is 1.25. The Kier molecular flexibility index (Phi) is 3.79. The first-order valence-electron chi connectivity index (χ1n) is 6.70. The van der Waals surface area contributed by atoms with Crippen molar-refractivity contribution in [1.82, 2.24) is 4.72 Å². The summed E-state index contributed by atoms with van der Waals surface area (Å²) < 4.78 is 37.4. The molecule has 0 amide bonds. The van der Waals surface area contributed by atoms with Crippen LogP contribution in [-0.2, 0) is 14.8 Å². The van der Waals surface area contributed by atoms with Crippen LogP contribution in [0.5, 0.6) is 0 Å². The van der Waals surface area contributed by atoms with Gasteiger partial charge in [0.05, 0.1) is 11.0 Å². The zero-order chi connectivity index (χ0) is 14.9. The van der Waals surface area contributed by atoms with Crippen molar-refractivity contribution in [3.05, 3.63) is 40.8 Å². The van der Waals surface area contributed by atoms with Crippen LogP contribution in [0.2, 0.25) is 0 Å². The van der Waals surface area contributed by atoms with E-state index in [4.69, 9.17) is 9.15 Å². The smallest absolute Gasteiger partial charge is 0.336 e. The molecule has 1 aliphatic rings. The van der Waals surface area contributed by atoms with Gasteiger partial charge in [-0.05, 0) is 37.1 Å². The molecule has 0 unspecified atom stereocenters. The quantitative estimate of drug-likeness (QED) is 0.859. The van der Waals surface area contributed by atoms with Gasteiger partial charge >= 0.3 is 5.63 Å². The third-order valence-corrected chi connectivity index (χ3v) is 4.85. The van der Waals surface area contributed by atoms with Gasteiger partial charge in [-0.15, -0.1) is 0 Å². The van der Waals surface area contributed by atoms with Gasteiger partial charge in [-0.3, -0.25) is 0 Å². The molecule has 6 nitrogen and oxygen atoms in total. The average Bonchev–Trinajstić information content (AvgIpc) is 2.98. The SMILES string of the molecule is O=c1ccc2cc(S(=O)(=O)NC[C@@H]3CCCO3)ccc2o1. The van der Waals surface area contributed by atoms with Crippen molar-refractivity contribution in [2.24, 2.45) is 0 Å². The topological polar surface area (TPSA) is 85.6 Å². The van der Waals surface area contributed by atoms with E-state index < -0.39 is 15.6 Å². The molecule has 3 rings (SSSR count). The fourth-order valence-electron chi connectivity index (χ4n) is 2.31. The number of ether oxygens (including phenoxy) is 1. The monoisotopic (exact) mass is 309 g/mol. The number of nitrogens with one attached hydrogen (secondary N) is 1. The second kappa shape index (κ2) is 5.59. The summed E-state index contributed by atoms with van der Waals surface area (Å²) in [5.74, 6) is 0. The highest BCUT2D eigenvalue weighted by Crippen LogP contribution is 2.18. The lowest BCUT2D eigenvalue weighted by Crippen LogP contribution is -2.31. The minimum Gasteiger partial charge on any atom is -0.423 e. The van der Waals surface area contributed by atoms with Crippen LogP contribution in [0.1, 0.15) is 12.8 Å². The molecule has 0 aliphatic carbocycles. The predicted molar refractivity (Wildman–Crippen MR) is 76.6 cm³/mol. The minimum atomic E-state index is -3.60. The molecule has 1 N–H and O–H groups in total. The van der Waals surface area contributed by atoms with Crippen LogP contribution in [0, 0.1) is 0 Å². The number of sulfonamides is 1. The Bertz CT molecular complexity index is 805. The van der Waals surface area contributed by atoms with Crippen molar-refractivity contribution in [2.45, 2.75) is 23.8 Å². The molecule has 2 heterocycles. The summed E-state index contributed by atoms with van der Waals surface area (Å²) >= 11 is 0. The Hall–Kier alpha value is -1.70. The molecule has 0 bridgehead atoms. The fraction of sp³-hybridized carbons (Fsp3) is 0.357. The first-order valence-corrected chi connectivity index (χ1v) is 8.18. The maximum atomic E-state index is 12.2. The summed E-state index contributed by atoms with van der Waals surface area (Å²) in [7, 11) is -3.60. The van der Waals surface area contributed by atoms with Crippen LogP contribution >= 0.6 is 0 Å². The molecule has 2 aromatic rings. The Balaban J connectivity index is 1.84. The fourth-order valence-corrected chi connectivity index (χ4v) is 3.41. The Morgan fingerprint density at radius 1 is 1.24 bits per heavy atom. The summed E-state index contributed by atoms with van der Waals surface area (Å²) in [6.45, 7) is 0.950. The van der Waals surface area contributed by atoms with E-state index >= 15 is 0 Å². The van der Waals surface area contributed by atoms with Gasteiger partial charge in [0.2, 0.25) is 10.0 Å². The van der Waals surface area contributed by atoms with Crippen LogP contribution in [0.3, 0.4) is 0 Å². The molecule has 0 saturated carbocycles. The van der Waals surface area contributed by atoms with Gasteiger partial charge < -0.3 is 9.15 Å². The lowest BCUT2D eigenvalue weighted by atomic mass is 10.2. The van der Waals surface area contributed by atoms with E-state index in [0.717, 1.165) is 12.8 Å². The van der Waals surface area contributed by atoms with Gasteiger partial charge in [0, 0.05) is 24.6 Å². The molecule has 1 atom stereocenters. The number of benzene rings is 1. The highest BCUT2D eigenvalue weighted by Gasteiger charge is 2.20. The molecule has 0 spiro atoms. The van der Waals surface area contributed by atoms with Crippen molar-refractivity contribution in [3.63, 3.8) is 0 Å². The third-order valence-electron chi connectivity index (χ3n) is 3.43. The van der Waals surface area contributed by atoms with Gasteiger partial charge in [0.1, 0.15) is 5.58 Å². The van der Waals surface area contributed by atoms with Crippen LogP contribution < -0.4 is 10.3 Å². The lowest BCUT2D eigenvalue weighted by Gasteiger charge is -2.11. The van der Waals surface area contributed by atoms with E-state index in [0.29, 0.717) is 17.6 Å². The van der Waals surface area contributed by atoms with E-state index in [2.05, 4.69) is 4.72 Å². The number of fused-ring (bicyclic) bond motifs is 1. The molecule has 1 aliphatic heterocycles. The van der Waals surface area contributed by atoms with E-state index in [9.17, 15) is 13.2 Å². The van der Waals surface area contributed by atoms with Gasteiger partial charge in [0.15, 0.2) is 0 Å². The number of rotatable bonds is 4. The van der Waals surface area contributed by atoms with Crippen molar-refractivity contribution < 1.29 is 17.6 Å². The lowest BCUT2D eigenvalue weighted by molar-refractivity contribution is 0.114. The van der Waals surface area contributed by atoms with E-state index in [1.165, 1.54) is 24.3 Å². The molecule has 21 heavy (non-hydrogen) atoms. The van der Waals surface area contributed by atoms with Crippen LogP contribution in [0.25, 0.3) is 11.0 Å². The minimum absolute atomic E-state index is 0.0572. The molecule has 0 radical (unpaired) electrons. The van der Waals surface area contributed by atoms with Gasteiger partial charge in [-0.2, -0.15) is 0 Å². The summed E-state index contributed by atoms with van der Waals surface area (Å²) in [5.41, 5.74) is -0.102. The third kappa shape index (κ3) is 3.15. The van der Waals surface area contributed by atoms with Crippen LogP contribution in [-0.4, -0.2) is 27.7 Å². The van der Waals surface area contributed by atoms with E-state index in [-0.39, 0.29) is 17.5 Å². The summed E-state index contributed by atoms with van der Waals surface area (Å²) in [5, 5.41) is 0.564. The average molecular weight is 309 g/mol. The Labute approximate surface area is 121 Å². The Morgan fingerprint density at radius 3 is 2.86 bits per heavy atom. The molecular weight excluding hydrogens is 294 g/mol. The van der Waals surface area contributed by atoms with Gasteiger partial charge in [-0.1, -0.05) is 0 Å². The first kappa shape index (κ1) is 14.2. The van der Waals surface area contributed by atoms with Gasteiger partial charge in [0.25, 0.3) is 0 Å². The van der Waals surface area contributed by atoms with Gasteiger partial charge in [-0.25, -0.2) is 17.9 Å². The zero-order valence-corrected chi connectivity index (χ0v) is 12.1. The molecular formula is C14H15NO5S. The van der Waals surface area contributed by atoms with Crippen LogP contribution in [0.4, 0.5) is 0 Å². The zero-order valence-electron chi connectivity index (χ0n) is 11.2. The standard InChI is InChI=1S/C14H15NO5S/c16-14-6-3-10-8-12(4-5-13(10)20-14)21(17,18)15-9-11-2-1-7-19-11/h3-6,8,11,15H,1-2,7,9H2/t11-/m0/s1. The molecule has 1 saturated heterocycles. The maximum Gasteiger partial charge on any atom is 0.336 e. The summed E-state index contributed by atoms with van der Waals surface area (Å²) in [6.07, 6.45) is 1.77. The van der Waals surface area contributed by atoms with E-state index in [1.807, 2.05) is 0 Å². The summed E-state index contributed by atoms with van der Waals surface area (Å²) in [6, 6.07) is 7.19. The molecule has 1 fully saturated rings. The van der Waals surface area contributed by atoms with Crippen molar-refractivity contribution >= 4 is 21.0 Å². The van der Waals surface area contributed by atoms with Crippen LogP contribution in [0.15, 0.2) is 44.4 Å². The highest BCUT2D eigenvalue weighted by atomic mass is 32.2.